The van der Waals surface area contributed by atoms with Crippen LogP contribution in [-0.4, -0.2) is 16.1 Å². The Labute approximate surface area is 122 Å². The quantitative estimate of drug-likeness (QED) is 0.878. The maximum Gasteiger partial charge on any atom is 0.409 e. The van der Waals surface area contributed by atoms with Crippen LogP contribution in [-0.2, 0) is 0 Å². The van der Waals surface area contributed by atoms with Gasteiger partial charge in [0.25, 0.3) is 0 Å². The minimum Gasteiger partial charge on any atom is -0.434 e. The van der Waals surface area contributed by atoms with Crippen LogP contribution in [0.1, 0.15) is 0 Å². The van der Waals surface area contributed by atoms with Gasteiger partial charge in [-0.3, -0.25) is 0 Å². The molecule has 0 unspecified atom stereocenters. The third kappa shape index (κ3) is 3.46. The Morgan fingerprint density at radius 3 is 2.80 bits per heavy atom. The molecule has 20 heavy (non-hydrogen) atoms. The number of hydrogen-bond acceptors (Lipinski definition) is 5. The minimum absolute atomic E-state index is 0.00479. The van der Waals surface area contributed by atoms with E-state index in [2.05, 4.69) is 14.7 Å². The average Bonchev–Trinajstić information content (AvgIpc) is 2.37. The molecule has 0 fully saturated rings. The van der Waals surface area contributed by atoms with Crippen molar-refractivity contribution < 1.29 is 18.7 Å². The summed E-state index contributed by atoms with van der Waals surface area (Å²) < 4.78 is 23.4. The van der Waals surface area contributed by atoms with Crippen molar-refractivity contribution >= 4 is 29.3 Å². The lowest BCUT2D eigenvalue weighted by molar-refractivity contribution is 0.210. The van der Waals surface area contributed by atoms with Crippen LogP contribution in [0.25, 0.3) is 0 Å². The number of amides is 1. The van der Waals surface area contributed by atoms with E-state index < -0.39 is 11.9 Å². The molecule has 0 aliphatic carbocycles. The van der Waals surface area contributed by atoms with E-state index in [-0.39, 0.29) is 27.7 Å². The number of primary amides is 1. The van der Waals surface area contributed by atoms with E-state index in [1.165, 1.54) is 12.3 Å². The molecule has 104 valence electrons. The fourth-order valence-electron chi connectivity index (χ4n) is 1.25. The number of carbonyl (C=O) groups excluding carboxylic acids is 1. The van der Waals surface area contributed by atoms with Crippen LogP contribution >= 0.6 is 23.2 Å². The molecular formula is C11H6Cl2FN3O3. The Kier molecular flexibility index (Phi) is 4.21. The summed E-state index contributed by atoms with van der Waals surface area (Å²) in [6.45, 7) is 0. The van der Waals surface area contributed by atoms with E-state index in [0.29, 0.717) is 0 Å². The van der Waals surface area contributed by atoms with Crippen LogP contribution < -0.4 is 15.2 Å². The van der Waals surface area contributed by atoms with Crippen LogP contribution in [0.2, 0.25) is 10.3 Å². The molecule has 9 heteroatoms. The van der Waals surface area contributed by atoms with Gasteiger partial charge in [-0.05, 0) is 23.7 Å². The monoisotopic (exact) mass is 317 g/mol. The van der Waals surface area contributed by atoms with Crippen molar-refractivity contribution in [3.05, 3.63) is 40.5 Å². The fraction of sp³-hybridized carbons (Fsp3) is 0. The van der Waals surface area contributed by atoms with Crippen LogP contribution in [0, 0.1) is 5.82 Å². The standard InChI is InChI=1S/C11H6Cl2FN3O3/c12-6-4-16-10(13)17-9(6)20-8-3-5(19-11(15)18)1-2-7(8)14/h1-4H,(H2,15,18). The Bertz CT molecular complexity index is 669. The molecule has 0 spiro atoms. The van der Waals surface area contributed by atoms with Crippen LogP contribution in [0.5, 0.6) is 17.4 Å². The molecule has 0 saturated heterocycles. The zero-order valence-electron chi connectivity index (χ0n) is 9.64. The SMILES string of the molecule is NC(=O)Oc1ccc(F)c(Oc2nc(Cl)ncc2Cl)c1. The maximum atomic E-state index is 13.6. The largest absolute Gasteiger partial charge is 0.434 e. The fourth-order valence-corrected chi connectivity index (χ4v) is 1.50. The van der Waals surface area contributed by atoms with Gasteiger partial charge in [-0.1, -0.05) is 11.6 Å². The summed E-state index contributed by atoms with van der Waals surface area (Å²) in [5, 5.41) is -0.0793. The topological polar surface area (TPSA) is 87.3 Å². The maximum absolute atomic E-state index is 13.6. The third-order valence-corrected chi connectivity index (χ3v) is 2.45. The summed E-state index contributed by atoms with van der Waals surface area (Å²) >= 11 is 11.4. The number of halogens is 3. The zero-order valence-corrected chi connectivity index (χ0v) is 11.2. The number of benzene rings is 1. The molecular weight excluding hydrogens is 312 g/mol. The Balaban J connectivity index is 2.32. The molecule has 0 aliphatic rings. The van der Waals surface area contributed by atoms with Crippen molar-refractivity contribution in [3.63, 3.8) is 0 Å². The number of aromatic nitrogens is 2. The Morgan fingerprint density at radius 1 is 1.35 bits per heavy atom. The van der Waals surface area contributed by atoms with E-state index in [1.807, 2.05) is 0 Å². The van der Waals surface area contributed by atoms with E-state index in [1.54, 1.807) is 0 Å². The number of nitrogens with zero attached hydrogens (tertiary/aromatic N) is 2. The first-order chi connectivity index (χ1) is 9.45. The lowest BCUT2D eigenvalue weighted by Crippen LogP contribution is -2.16. The molecule has 2 rings (SSSR count). The van der Waals surface area contributed by atoms with Crippen LogP contribution in [0.15, 0.2) is 24.4 Å². The van der Waals surface area contributed by atoms with Gasteiger partial charge < -0.3 is 15.2 Å². The molecule has 0 atom stereocenters. The lowest BCUT2D eigenvalue weighted by Gasteiger charge is -2.08. The average molecular weight is 318 g/mol. The third-order valence-electron chi connectivity index (χ3n) is 2.01. The van der Waals surface area contributed by atoms with Crippen molar-refractivity contribution in [2.24, 2.45) is 5.73 Å². The Hall–Kier alpha value is -2.12. The number of rotatable bonds is 3. The summed E-state index contributed by atoms with van der Waals surface area (Å²) in [5.41, 5.74) is 4.85. The van der Waals surface area contributed by atoms with Gasteiger partial charge in [-0.2, -0.15) is 4.98 Å². The zero-order chi connectivity index (χ0) is 14.7. The second-order valence-electron chi connectivity index (χ2n) is 3.41. The van der Waals surface area contributed by atoms with Crippen molar-refractivity contribution in [2.45, 2.75) is 0 Å². The second kappa shape index (κ2) is 5.89. The van der Waals surface area contributed by atoms with Gasteiger partial charge in [-0.25, -0.2) is 14.2 Å². The molecule has 6 nitrogen and oxygen atoms in total. The lowest BCUT2D eigenvalue weighted by atomic mass is 10.3. The predicted molar refractivity (Wildman–Crippen MR) is 68.7 cm³/mol. The smallest absolute Gasteiger partial charge is 0.409 e. The summed E-state index contributed by atoms with van der Waals surface area (Å²) in [4.78, 5) is 18.0. The summed E-state index contributed by atoms with van der Waals surface area (Å²) in [6, 6.07) is 3.36. The molecule has 0 radical (unpaired) electrons. The van der Waals surface area contributed by atoms with Gasteiger partial charge >= 0.3 is 6.09 Å². The van der Waals surface area contributed by atoms with Crippen LogP contribution in [0.3, 0.4) is 0 Å². The number of hydrogen-bond donors (Lipinski definition) is 1. The first-order valence-electron chi connectivity index (χ1n) is 5.08. The van der Waals surface area contributed by atoms with E-state index in [0.717, 1.165) is 12.1 Å². The molecule has 0 aliphatic heterocycles. The van der Waals surface area contributed by atoms with Crippen molar-refractivity contribution in [1.82, 2.24) is 9.97 Å². The minimum atomic E-state index is -1.04. The number of nitrogens with two attached hydrogens (primary N) is 1. The van der Waals surface area contributed by atoms with Gasteiger partial charge in [-0.15, -0.1) is 0 Å². The van der Waals surface area contributed by atoms with Gasteiger partial charge in [0, 0.05) is 6.07 Å². The first kappa shape index (κ1) is 14.3. The van der Waals surface area contributed by atoms with E-state index in [4.69, 9.17) is 33.7 Å². The predicted octanol–water partition coefficient (Wildman–Crippen LogP) is 3.17. The normalized spacial score (nSPS) is 10.2. The summed E-state index contributed by atoms with van der Waals surface area (Å²) in [6.07, 6.45) is 0.166. The highest BCUT2D eigenvalue weighted by Gasteiger charge is 2.12. The van der Waals surface area contributed by atoms with E-state index >= 15 is 0 Å². The Morgan fingerprint density at radius 2 is 2.10 bits per heavy atom. The highest BCUT2D eigenvalue weighted by Crippen LogP contribution is 2.31. The molecule has 1 amide bonds. The van der Waals surface area contributed by atoms with Gasteiger partial charge in [0.15, 0.2) is 11.6 Å². The highest BCUT2D eigenvalue weighted by atomic mass is 35.5. The van der Waals surface area contributed by atoms with Crippen molar-refractivity contribution in [1.29, 1.82) is 0 Å². The number of carbonyl (C=O) groups is 1. The summed E-state index contributed by atoms with van der Waals surface area (Å²) in [5.74, 6) is -1.11. The molecule has 0 bridgehead atoms. The van der Waals surface area contributed by atoms with Gasteiger partial charge in [0.05, 0.1) is 6.20 Å². The molecule has 2 aromatic rings. The molecule has 1 heterocycles. The van der Waals surface area contributed by atoms with Crippen LogP contribution in [0.4, 0.5) is 9.18 Å². The highest BCUT2D eigenvalue weighted by molar-refractivity contribution is 6.32. The molecule has 2 N–H and O–H groups in total. The molecule has 1 aromatic heterocycles. The van der Waals surface area contributed by atoms with E-state index in [9.17, 15) is 9.18 Å². The summed E-state index contributed by atoms with van der Waals surface area (Å²) in [7, 11) is 0. The first-order valence-corrected chi connectivity index (χ1v) is 5.84. The van der Waals surface area contributed by atoms with Gasteiger partial charge in [0.1, 0.15) is 10.8 Å². The van der Waals surface area contributed by atoms with Crippen molar-refractivity contribution in [3.8, 4) is 17.4 Å². The second-order valence-corrected chi connectivity index (χ2v) is 4.15. The van der Waals surface area contributed by atoms with Gasteiger partial charge in [0.2, 0.25) is 11.2 Å². The van der Waals surface area contributed by atoms with Crippen molar-refractivity contribution in [2.75, 3.05) is 0 Å². The molecule has 1 aromatic carbocycles. The number of ether oxygens (including phenoxy) is 2. The molecule has 0 saturated carbocycles.